The lowest BCUT2D eigenvalue weighted by molar-refractivity contribution is -0.274. The zero-order valence-corrected chi connectivity index (χ0v) is 20.0. The minimum absolute atomic E-state index is 0.0943. The Hall–Kier alpha value is -4.01. The van der Waals surface area contributed by atoms with Gasteiger partial charge in [0.2, 0.25) is 11.8 Å². The third kappa shape index (κ3) is 5.79. The molecule has 188 valence electrons. The first-order chi connectivity index (χ1) is 17.0. The third-order valence-electron chi connectivity index (χ3n) is 5.94. The van der Waals surface area contributed by atoms with E-state index < -0.39 is 6.36 Å². The van der Waals surface area contributed by atoms with Crippen molar-refractivity contribution in [3.63, 3.8) is 0 Å². The van der Waals surface area contributed by atoms with E-state index in [9.17, 15) is 22.8 Å². The maximum absolute atomic E-state index is 12.7. The molecule has 0 aromatic heterocycles. The molecule has 2 amide bonds. The van der Waals surface area contributed by atoms with Gasteiger partial charge in [0.05, 0.1) is 6.04 Å². The van der Waals surface area contributed by atoms with Crippen molar-refractivity contribution in [3.05, 3.63) is 72.3 Å². The van der Waals surface area contributed by atoms with Gasteiger partial charge in [-0.2, -0.15) is 0 Å². The lowest BCUT2D eigenvalue weighted by Gasteiger charge is -2.39. The number of halogens is 3. The molecule has 0 radical (unpaired) electrons. The summed E-state index contributed by atoms with van der Waals surface area (Å²) in [7, 11) is 0. The molecular weight excluding hydrogens is 471 g/mol. The number of benzene rings is 3. The van der Waals surface area contributed by atoms with E-state index in [0.29, 0.717) is 17.8 Å². The van der Waals surface area contributed by atoms with Crippen LogP contribution < -0.4 is 20.3 Å². The number of anilines is 3. The van der Waals surface area contributed by atoms with Gasteiger partial charge in [0.15, 0.2) is 0 Å². The van der Waals surface area contributed by atoms with Crippen LogP contribution in [0.1, 0.15) is 38.8 Å². The van der Waals surface area contributed by atoms with E-state index in [2.05, 4.69) is 15.4 Å². The minimum atomic E-state index is -4.78. The van der Waals surface area contributed by atoms with E-state index in [1.54, 1.807) is 17.0 Å². The molecule has 6 nitrogen and oxygen atoms in total. The summed E-state index contributed by atoms with van der Waals surface area (Å²) >= 11 is 0. The highest BCUT2D eigenvalue weighted by molar-refractivity contribution is 5.94. The monoisotopic (exact) mass is 497 g/mol. The first kappa shape index (κ1) is 25.1. The Balaban J connectivity index is 1.72. The van der Waals surface area contributed by atoms with Crippen molar-refractivity contribution in [2.75, 3.05) is 15.5 Å². The van der Waals surface area contributed by atoms with Gasteiger partial charge in [-0.3, -0.25) is 9.59 Å². The smallest absolute Gasteiger partial charge is 0.406 e. The summed E-state index contributed by atoms with van der Waals surface area (Å²) in [5.74, 6) is -0.585. The molecule has 0 saturated carbocycles. The molecule has 36 heavy (non-hydrogen) atoms. The van der Waals surface area contributed by atoms with Gasteiger partial charge in [0, 0.05) is 43.0 Å². The molecule has 0 saturated heterocycles. The van der Waals surface area contributed by atoms with Crippen molar-refractivity contribution in [2.45, 2.75) is 45.6 Å². The zero-order chi connectivity index (χ0) is 26.0. The first-order valence-corrected chi connectivity index (χ1v) is 11.4. The summed E-state index contributed by atoms with van der Waals surface area (Å²) in [6.07, 6.45) is -4.24. The van der Waals surface area contributed by atoms with Gasteiger partial charge in [0.25, 0.3) is 0 Å². The van der Waals surface area contributed by atoms with Crippen molar-refractivity contribution < 1.29 is 27.5 Å². The molecule has 1 heterocycles. The van der Waals surface area contributed by atoms with E-state index in [-0.39, 0.29) is 29.6 Å². The molecule has 0 aliphatic carbocycles. The fourth-order valence-electron chi connectivity index (χ4n) is 4.62. The Morgan fingerprint density at radius 1 is 0.944 bits per heavy atom. The lowest BCUT2D eigenvalue weighted by Crippen LogP contribution is -2.43. The Bertz CT molecular complexity index is 1290. The number of nitrogens with one attached hydrogen (secondary N) is 2. The van der Waals surface area contributed by atoms with Gasteiger partial charge in [-0.05, 0) is 66.4 Å². The molecule has 3 aromatic carbocycles. The Labute approximate surface area is 207 Å². The third-order valence-corrected chi connectivity index (χ3v) is 5.94. The SMILES string of the molecule is CC(=O)Nc1cccc(-c2ccc3c(c2)[C@H](Nc2cccc(OC(F)(F)F)c2)C[C@H](C)N3C(C)=O)c1. The number of hydrogen-bond acceptors (Lipinski definition) is 4. The number of hydrogen-bond donors (Lipinski definition) is 2. The second kappa shape index (κ2) is 9.93. The number of amides is 2. The van der Waals surface area contributed by atoms with E-state index in [1.807, 2.05) is 43.3 Å². The van der Waals surface area contributed by atoms with Gasteiger partial charge in [0.1, 0.15) is 5.75 Å². The van der Waals surface area contributed by atoms with Crippen LogP contribution in [0.25, 0.3) is 11.1 Å². The summed E-state index contributed by atoms with van der Waals surface area (Å²) in [4.78, 5) is 25.7. The average molecular weight is 498 g/mol. The summed E-state index contributed by atoms with van der Waals surface area (Å²) in [6, 6.07) is 18.5. The van der Waals surface area contributed by atoms with Crippen LogP contribution in [0.2, 0.25) is 0 Å². The number of ether oxygens (including phenoxy) is 1. The fourth-order valence-corrected chi connectivity index (χ4v) is 4.62. The van der Waals surface area contributed by atoms with Crippen LogP contribution >= 0.6 is 0 Å². The highest BCUT2D eigenvalue weighted by Gasteiger charge is 2.33. The van der Waals surface area contributed by atoms with Gasteiger partial charge >= 0.3 is 6.36 Å². The lowest BCUT2D eigenvalue weighted by atomic mass is 9.88. The normalized spacial score (nSPS) is 17.2. The van der Waals surface area contributed by atoms with Crippen molar-refractivity contribution >= 4 is 28.9 Å². The van der Waals surface area contributed by atoms with E-state index in [4.69, 9.17) is 0 Å². The molecule has 0 fully saturated rings. The molecule has 1 aliphatic rings. The maximum Gasteiger partial charge on any atom is 0.573 e. The maximum atomic E-state index is 12.7. The largest absolute Gasteiger partial charge is 0.573 e. The minimum Gasteiger partial charge on any atom is -0.406 e. The number of fused-ring (bicyclic) bond motifs is 1. The number of carbonyl (C=O) groups is 2. The summed E-state index contributed by atoms with van der Waals surface area (Å²) in [5, 5.41) is 6.10. The van der Waals surface area contributed by atoms with Crippen molar-refractivity contribution in [1.82, 2.24) is 0 Å². The van der Waals surface area contributed by atoms with Gasteiger partial charge in [-0.25, -0.2) is 0 Å². The summed E-state index contributed by atoms with van der Waals surface area (Å²) in [6.45, 7) is 4.89. The molecule has 0 unspecified atom stereocenters. The van der Waals surface area contributed by atoms with E-state index in [1.165, 1.54) is 32.0 Å². The zero-order valence-electron chi connectivity index (χ0n) is 20.0. The Morgan fingerprint density at radius 2 is 1.64 bits per heavy atom. The highest BCUT2D eigenvalue weighted by atomic mass is 19.4. The topological polar surface area (TPSA) is 70.7 Å². The molecule has 0 spiro atoms. The second-order valence-electron chi connectivity index (χ2n) is 8.78. The fraction of sp³-hybridized carbons (Fsp3) is 0.259. The van der Waals surface area contributed by atoms with Crippen LogP contribution in [0, 0.1) is 0 Å². The summed E-state index contributed by atoms with van der Waals surface area (Å²) < 4.78 is 42.2. The predicted molar refractivity (Wildman–Crippen MR) is 133 cm³/mol. The molecule has 2 atom stereocenters. The van der Waals surface area contributed by atoms with E-state index in [0.717, 1.165) is 22.4 Å². The van der Waals surface area contributed by atoms with Crippen LogP contribution in [-0.4, -0.2) is 24.2 Å². The van der Waals surface area contributed by atoms with Gasteiger partial charge in [-0.15, -0.1) is 13.2 Å². The number of rotatable bonds is 5. The van der Waals surface area contributed by atoms with Crippen LogP contribution in [0.3, 0.4) is 0 Å². The standard InChI is InChI=1S/C27H26F3N3O3/c1-16-12-25(32-22-8-5-9-23(15-22)36-27(28,29)30)24-14-20(10-11-26(24)33(16)18(3)35)19-6-4-7-21(13-19)31-17(2)34/h4-11,13-16,25,32H,12H2,1-3H3,(H,31,34)/t16-,25+/m0/s1. The molecule has 9 heteroatoms. The molecule has 1 aliphatic heterocycles. The van der Waals surface area contributed by atoms with Crippen LogP contribution in [0.15, 0.2) is 66.7 Å². The van der Waals surface area contributed by atoms with Crippen LogP contribution in [-0.2, 0) is 9.59 Å². The number of alkyl halides is 3. The molecular formula is C27H26F3N3O3. The molecule has 0 bridgehead atoms. The molecule has 4 rings (SSSR count). The predicted octanol–water partition coefficient (Wildman–Crippen LogP) is 6.51. The molecule has 2 N–H and O–H groups in total. The van der Waals surface area contributed by atoms with Crippen molar-refractivity contribution in [3.8, 4) is 16.9 Å². The first-order valence-electron chi connectivity index (χ1n) is 11.4. The van der Waals surface area contributed by atoms with Gasteiger partial charge in [-0.1, -0.05) is 24.3 Å². The second-order valence-corrected chi connectivity index (χ2v) is 8.78. The van der Waals surface area contributed by atoms with Crippen molar-refractivity contribution in [2.24, 2.45) is 0 Å². The van der Waals surface area contributed by atoms with Crippen molar-refractivity contribution in [1.29, 1.82) is 0 Å². The number of nitrogens with zero attached hydrogens (tertiary/aromatic N) is 1. The Kier molecular flexibility index (Phi) is 6.92. The van der Waals surface area contributed by atoms with Crippen LogP contribution in [0.4, 0.5) is 30.2 Å². The summed E-state index contributed by atoms with van der Waals surface area (Å²) in [5.41, 5.74) is 4.45. The quantitative estimate of drug-likeness (QED) is 0.422. The Morgan fingerprint density at radius 3 is 2.33 bits per heavy atom. The van der Waals surface area contributed by atoms with Gasteiger partial charge < -0.3 is 20.3 Å². The van der Waals surface area contributed by atoms with E-state index >= 15 is 0 Å². The molecule has 3 aromatic rings. The average Bonchev–Trinajstić information content (AvgIpc) is 2.77. The number of carbonyl (C=O) groups excluding carboxylic acids is 2. The van der Waals surface area contributed by atoms with Crippen LogP contribution in [0.5, 0.6) is 5.75 Å². The highest BCUT2D eigenvalue weighted by Crippen LogP contribution is 2.41.